The number of aromatic nitrogens is 1. The van der Waals surface area contributed by atoms with Crippen molar-refractivity contribution in [1.82, 2.24) is 9.88 Å². The number of aliphatic carboxylic acids is 1. The van der Waals surface area contributed by atoms with Gasteiger partial charge in [0.25, 0.3) is 0 Å². The van der Waals surface area contributed by atoms with Crippen LogP contribution in [-0.2, 0) is 26.0 Å². The van der Waals surface area contributed by atoms with Crippen LogP contribution >= 0.6 is 0 Å². The van der Waals surface area contributed by atoms with Gasteiger partial charge in [0, 0.05) is 24.4 Å². The van der Waals surface area contributed by atoms with Gasteiger partial charge in [-0.25, -0.2) is 13.1 Å². The second kappa shape index (κ2) is 6.36. The number of hydrogen-bond acceptors (Lipinski definition) is 5. The van der Waals surface area contributed by atoms with Gasteiger partial charge in [-0.05, 0) is 6.42 Å². The molecule has 0 fully saturated rings. The summed E-state index contributed by atoms with van der Waals surface area (Å²) in [5.74, 6) is -0.608. The van der Waals surface area contributed by atoms with Crippen molar-refractivity contribution in [2.75, 3.05) is 6.54 Å². The van der Waals surface area contributed by atoms with Gasteiger partial charge in [0.05, 0.1) is 0 Å². The van der Waals surface area contributed by atoms with Crippen molar-refractivity contribution in [1.29, 1.82) is 0 Å². The van der Waals surface area contributed by atoms with E-state index >= 15 is 0 Å². The summed E-state index contributed by atoms with van der Waals surface area (Å²) < 4.78 is 31.0. The monoisotopic (exact) mass is 304 g/mol. The fourth-order valence-corrected chi connectivity index (χ4v) is 2.53. The second-order valence-corrected chi connectivity index (χ2v) is 7.39. The van der Waals surface area contributed by atoms with Crippen LogP contribution in [0.15, 0.2) is 10.6 Å². The van der Waals surface area contributed by atoms with Crippen LogP contribution in [0.2, 0.25) is 0 Å². The molecule has 1 rings (SSSR count). The molecule has 0 radical (unpaired) electrons. The van der Waals surface area contributed by atoms with E-state index in [1.807, 2.05) is 20.8 Å². The average Bonchev–Trinajstić information content (AvgIpc) is 2.71. The molecule has 0 saturated carbocycles. The Labute approximate surface area is 118 Å². The topological polar surface area (TPSA) is 110 Å². The third-order valence-electron chi connectivity index (χ3n) is 2.53. The minimum absolute atomic E-state index is 0.0688. The molecule has 0 atom stereocenters. The molecule has 0 aliphatic rings. The predicted octanol–water partition coefficient (Wildman–Crippen LogP) is 1.26. The lowest BCUT2D eigenvalue weighted by atomic mass is 9.93. The minimum atomic E-state index is -3.53. The third kappa shape index (κ3) is 5.70. The van der Waals surface area contributed by atoms with Gasteiger partial charge >= 0.3 is 5.97 Å². The number of carboxylic acids is 1. The first-order valence-electron chi connectivity index (χ1n) is 6.25. The zero-order valence-electron chi connectivity index (χ0n) is 11.8. The lowest BCUT2D eigenvalue weighted by molar-refractivity contribution is -0.137. The third-order valence-corrected chi connectivity index (χ3v) is 3.85. The molecule has 0 bridgehead atoms. The first-order chi connectivity index (χ1) is 9.10. The fourth-order valence-electron chi connectivity index (χ4n) is 1.45. The Morgan fingerprint density at radius 1 is 1.45 bits per heavy atom. The lowest BCUT2D eigenvalue weighted by Crippen LogP contribution is -2.26. The SMILES string of the molecule is CC(C)(C)c1cc(CS(=O)(=O)NCCCC(=O)O)no1. The van der Waals surface area contributed by atoms with Crippen molar-refractivity contribution in [3.63, 3.8) is 0 Å². The zero-order chi connectivity index (χ0) is 15.4. The van der Waals surface area contributed by atoms with Crippen molar-refractivity contribution in [3.05, 3.63) is 17.5 Å². The molecule has 1 aromatic heterocycles. The molecule has 0 saturated heterocycles. The number of hydrogen-bond donors (Lipinski definition) is 2. The van der Waals surface area contributed by atoms with Gasteiger partial charge in [-0.1, -0.05) is 25.9 Å². The van der Waals surface area contributed by atoms with Crippen molar-refractivity contribution < 1.29 is 22.8 Å². The largest absolute Gasteiger partial charge is 0.481 e. The maximum absolute atomic E-state index is 11.8. The van der Waals surface area contributed by atoms with Gasteiger partial charge < -0.3 is 9.63 Å². The Morgan fingerprint density at radius 2 is 2.10 bits per heavy atom. The lowest BCUT2D eigenvalue weighted by Gasteiger charge is -2.12. The number of nitrogens with one attached hydrogen (secondary N) is 1. The quantitative estimate of drug-likeness (QED) is 0.734. The molecule has 1 heterocycles. The van der Waals surface area contributed by atoms with E-state index in [4.69, 9.17) is 9.63 Å². The van der Waals surface area contributed by atoms with Gasteiger partial charge in [0.2, 0.25) is 10.0 Å². The molecule has 0 unspecified atom stereocenters. The standard InChI is InChI=1S/C12H20N2O5S/c1-12(2,3)10-7-9(14-19-10)8-20(17,18)13-6-4-5-11(15)16/h7,13H,4-6,8H2,1-3H3,(H,15,16). The summed E-state index contributed by atoms with van der Waals surface area (Å²) in [6.07, 6.45) is 0.182. The molecular formula is C12H20N2O5S. The van der Waals surface area contributed by atoms with E-state index in [1.54, 1.807) is 6.07 Å². The van der Waals surface area contributed by atoms with Crippen LogP contribution in [0, 0.1) is 0 Å². The highest BCUT2D eigenvalue weighted by atomic mass is 32.2. The number of rotatable bonds is 7. The summed E-state index contributed by atoms with van der Waals surface area (Å²) in [4.78, 5) is 10.3. The van der Waals surface area contributed by atoms with E-state index in [0.29, 0.717) is 11.5 Å². The molecular weight excluding hydrogens is 284 g/mol. The Morgan fingerprint density at radius 3 is 2.60 bits per heavy atom. The molecule has 0 spiro atoms. The van der Waals surface area contributed by atoms with Crippen molar-refractivity contribution in [2.24, 2.45) is 0 Å². The molecule has 8 heteroatoms. The summed E-state index contributed by atoms with van der Waals surface area (Å²) in [5, 5.41) is 12.2. The number of sulfonamides is 1. The van der Waals surface area contributed by atoms with Crippen LogP contribution in [0.1, 0.15) is 45.1 Å². The fraction of sp³-hybridized carbons (Fsp3) is 0.667. The Bertz CT molecular complexity index is 557. The van der Waals surface area contributed by atoms with Crippen molar-refractivity contribution in [3.8, 4) is 0 Å². The highest BCUT2D eigenvalue weighted by molar-refractivity contribution is 7.88. The Balaban J connectivity index is 2.54. The van der Waals surface area contributed by atoms with Gasteiger partial charge in [0.15, 0.2) is 0 Å². The normalized spacial score (nSPS) is 12.6. The van der Waals surface area contributed by atoms with E-state index < -0.39 is 16.0 Å². The number of carbonyl (C=O) groups is 1. The molecule has 2 N–H and O–H groups in total. The highest BCUT2D eigenvalue weighted by Gasteiger charge is 2.21. The molecule has 7 nitrogen and oxygen atoms in total. The first-order valence-corrected chi connectivity index (χ1v) is 7.90. The summed E-state index contributed by atoms with van der Waals surface area (Å²) in [6, 6.07) is 1.62. The molecule has 0 aliphatic heterocycles. The Kier molecular flexibility index (Phi) is 5.29. The minimum Gasteiger partial charge on any atom is -0.481 e. The smallest absolute Gasteiger partial charge is 0.303 e. The van der Waals surface area contributed by atoms with E-state index in [1.165, 1.54) is 0 Å². The van der Waals surface area contributed by atoms with Crippen molar-refractivity contribution >= 4 is 16.0 Å². The summed E-state index contributed by atoms with van der Waals surface area (Å²) in [6.45, 7) is 5.92. The van der Waals surface area contributed by atoms with Crippen LogP contribution in [0.25, 0.3) is 0 Å². The van der Waals surface area contributed by atoms with Gasteiger partial charge in [-0.2, -0.15) is 0 Å². The first kappa shape index (κ1) is 16.6. The molecule has 0 aromatic carbocycles. The van der Waals surface area contributed by atoms with Gasteiger partial charge in [-0.15, -0.1) is 0 Å². The Hall–Kier alpha value is -1.41. The highest BCUT2D eigenvalue weighted by Crippen LogP contribution is 2.23. The number of carboxylic acid groups (broad SMARTS) is 1. The molecule has 0 amide bonds. The summed E-state index contributed by atoms with van der Waals surface area (Å²) >= 11 is 0. The molecule has 20 heavy (non-hydrogen) atoms. The number of nitrogens with zero attached hydrogens (tertiary/aromatic N) is 1. The van der Waals surface area contributed by atoms with E-state index in [-0.39, 0.29) is 30.6 Å². The van der Waals surface area contributed by atoms with Gasteiger partial charge in [0.1, 0.15) is 17.2 Å². The summed E-state index contributed by atoms with van der Waals surface area (Å²) in [7, 11) is -3.53. The zero-order valence-corrected chi connectivity index (χ0v) is 12.7. The van der Waals surface area contributed by atoms with E-state index in [0.717, 1.165) is 0 Å². The summed E-state index contributed by atoms with van der Waals surface area (Å²) in [5.41, 5.74) is 0.102. The second-order valence-electron chi connectivity index (χ2n) is 5.58. The molecule has 1 aromatic rings. The molecule has 0 aliphatic carbocycles. The van der Waals surface area contributed by atoms with Crippen LogP contribution in [-0.4, -0.2) is 31.2 Å². The predicted molar refractivity (Wildman–Crippen MR) is 72.7 cm³/mol. The van der Waals surface area contributed by atoms with Gasteiger partial charge in [-0.3, -0.25) is 4.79 Å². The van der Waals surface area contributed by atoms with Crippen LogP contribution < -0.4 is 4.72 Å². The van der Waals surface area contributed by atoms with Crippen molar-refractivity contribution in [2.45, 2.75) is 44.8 Å². The maximum Gasteiger partial charge on any atom is 0.303 e. The van der Waals surface area contributed by atoms with E-state index in [2.05, 4.69) is 9.88 Å². The van der Waals surface area contributed by atoms with Crippen LogP contribution in [0.4, 0.5) is 0 Å². The molecule has 114 valence electrons. The maximum atomic E-state index is 11.8. The van der Waals surface area contributed by atoms with Crippen LogP contribution in [0.3, 0.4) is 0 Å². The average molecular weight is 304 g/mol. The van der Waals surface area contributed by atoms with E-state index in [9.17, 15) is 13.2 Å². The van der Waals surface area contributed by atoms with Crippen LogP contribution in [0.5, 0.6) is 0 Å².